The molecule has 0 bridgehead atoms. The highest BCUT2D eigenvalue weighted by Gasteiger charge is 2.47. The molecule has 3 nitrogen and oxygen atoms in total. The van der Waals surface area contributed by atoms with Crippen molar-refractivity contribution >= 4 is 11.6 Å². The standard InChI is InChI=1S/C14H19N3/c1-11-7-8-14(9-11)10-16-13(15)17(14)12-5-3-2-4-6-12/h2-6,11H,7-10H2,1H3,(H2,15,16). The van der Waals surface area contributed by atoms with Crippen molar-refractivity contribution in [3.05, 3.63) is 30.3 Å². The molecule has 2 unspecified atom stereocenters. The van der Waals surface area contributed by atoms with Gasteiger partial charge in [-0.15, -0.1) is 0 Å². The maximum absolute atomic E-state index is 6.09. The van der Waals surface area contributed by atoms with E-state index in [0.717, 1.165) is 12.5 Å². The number of benzene rings is 1. The molecule has 1 saturated carbocycles. The first-order valence-corrected chi connectivity index (χ1v) is 6.36. The Morgan fingerprint density at radius 3 is 2.76 bits per heavy atom. The third-order valence-corrected chi connectivity index (χ3v) is 4.08. The van der Waals surface area contributed by atoms with Gasteiger partial charge in [0.05, 0.1) is 12.1 Å². The van der Waals surface area contributed by atoms with E-state index >= 15 is 0 Å². The molecular formula is C14H19N3. The summed E-state index contributed by atoms with van der Waals surface area (Å²) < 4.78 is 0. The second kappa shape index (κ2) is 3.76. The summed E-state index contributed by atoms with van der Waals surface area (Å²) in [5, 5.41) is 0. The Morgan fingerprint density at radius 1 is 1.35 bits per heavy atom. The van der Waals surface area contributed by atoms with Crippen LogP contribution < -0.4 is 10.6 Å². The van der Waals surface area contributed by atoms with Gasteiger partial charge in [-0.1, -0.05) is 25.1 Å². The first kappa shape index (κ1) is 10.6. The van der Waals surface area contributed by atoms with Gasteiger partial charge < -0.3 is 10.6 Å². The highest BCUT2D eigenvalue weighted by Crippen LogP contribution is 2.43. The maximum atomic E-state index is 6.09. The predicted octanol–water partition coefficient (Wildman–Crippen LogP) is 2.38. The molecular weight excluding hydrogens is 210 g/mol. The van der Waals surface area contributed by atoms with E-state index in [1.54, 1.807) is 0 Å². The summed E-state index contributed by atoms with van der Waals surface area (Å²) in [6.45, 7) is 3.19. The normalized spacial score (nSPS) is 32.2. The topological polar surface area (TPSA) is 41.6 Å². The molecule has 1 aromatic carbocycles. The molecule has 2 N–H and O–H groups in total. The van der Waals surface area contributed by atoms with Crippen molar-refractivity contribution in [3.63, 3.8) is 0 Å². The zero-order valence-corrected chi connectivity index (χ0v) is 10.3. The first-order chi connectivity index (χ1) is 8.21. The lowest BCUT2D eigenvalue weighted by Crippen LogP contribution is -2.50. The van der Waals surface area contributed by atoms with Crippen LogP contribution in [-0.4, -0.2) is 18.0 Å². The van der Waals surface area contributed by atoms with Crippen LogP contribution in [0.5, 0.6) is 0 Å². The van der Waals surface area contributed by atoms with Crippen LogP contribution in [-0.2, 0) is 0 Å². The van der Waals surface area contributed by atoms with Gasteiger partial charge in [0.25, 0.3) is 0 Å². The van der Waals surface area contributed by atoms with Crippen LogP contribution in [0.4, 0.5) is 5.69 Å². The first-order valence-electron chi connectivity index (χ1n) is 6.36. The van der Waals surface area contributed by atoms with Gasteiger partial charge >= 0.3 is 0 Å². The summed E-state index contributed by atoms with van der Waals surface area (Å²) in [6, 6.07) is 10.4. The molecule has 0 saturated heterocycles. The molecule has 17 heavy (non-hydrogen) atoms. The molecule has 2 aliphatic rings. The Kier molecular flexibility index (Phi) is 2.35. The highest BCUT2D eigenvalue weighted by molar-refractivity contribution is 5.98. The summed E-state index contributed by atoms with van der Waals surface area (Å²) in [6.07, 6.45) is 3.69. The van der Waals surface area contributed by atoms with E-state index in [1.807, 2.05) is 6.07 Å². The molecule has 3 rings (SSSR count). The second-order valence-electron chi connectivity index (χ2n) is 5.42. The van der Waals surface area contributed by atoms with Crippen LogP contribution in [0.3, 0.4) is 0 Å². The smallest absolute Gasteiger partial charge is 0.196 e. The van der Waals surface area contributed by atoms with E-state index in [9.17, 15) is 0 Å². The quantitative estimate of drug-likeness (QED) is 0.803. The summed E-state index contributed by atoms with van der Waals surface area (Å²) in [7, 11) is 0. The van der Waals surface area contributed by atoms with Crippen molar-refractivity contribution in [2.45, 2.75) is 31.7 Å². The van der Waals surface area contributed by atoms with Crippen LogP contribution >= 0.6 is 0 Å². The molecule has 1 spiro atoms. The molecule has 1 fully saturated rings. The van der Waals surface area contributed by atoms with Crippen molar-refractivity contribution in [2.75, 3.05) is 11.4 Å². The average molecular weight is 229 g/mol. The molecule has 1 aromatic rings. The van der Waals surface area contributed by atoms with E-state index in [1.165, 1.54) is 24.9 Å². The molecule has 0 amide bonds. The van der Waals surface area contributed by atoms with Gasteiger partial charge in [-0.05, 0) is 37.3 Å². The number of para-hydroxylation sites is 1. The summed E-state index contributed by atoms with van der Waals surface area (Å²) in [4.78, 5) is 6.74. The SMILES string of the molecule is CC1CCC2(CN=C(N)N2c2ccccc2)C1. The zero-order valence-electron chi connectivity index (χ0n) is 10.3. The fourth-order valence-corrected chi connectivity index (χ4v) is 3.31. The highest BCUT2D eigenvalue weighted by atomic mass is 15.4. The van der Waals surface area contributed by atoms with Crippen LogP contribution in [0, 0.1) is 5.92 Å². The van der Waals surface area contributed by atoms with Gasteiger partial charge in [-0.25, -0.2) is 0 Å². The molecule has 1 aliphatic carbocycles. The lowest BCUT2D eigenvalue weighted by Gasteiger charge is -2.36. The predicted molar refractivity (Wildman–Crippen MR) is 71.2 cm³/mol. The molecule has 1 aliphatic heterocycles. The minimum atomic E-state index is 0.158. The van der Waals surface area contributed by atoms with Crippen LogP contribution in [0.2, 0.25) is 0 Å². The molecule has 0 radical (unpaired) electrons. The van der Waals surface area contributed by atoms with E-state index in [0.29, 0.717) is 5.96 Å². The van der Waals surface area contributed by atoms with Crippen LogP contribution in [0.1, 0.15) is 26.2 Å². The van der Waals surface area contributed by atoms with Gasteiger partial charge in [0, 0.05) is 5.69 Å². The second-order valence-corrected chi connectivity index (χ2v) is 5.42. The molecule has 1 heterocycles. The number of hydrogen-bond acceptors (Lipinski definition) is 3. The Hall–Kier alpha value is -1.51. The largest absolute Gasteiger partial charge is 0.369 e. The maximum Gasteiger partial charge on any atom is 0.196 e. The lowest BCUT2D eigenvalue weighted by atomic mass is 9.94. The minimum absolute atomic E-state index is 0.158. The third kappa shape index (κ3) is 1.61. The Balaban J connectivity index is 1.98. The minimum Gasteiger partial charge on any atom is -0.369 e. The number of hydrogen-bond donors (Lipinski definition) is 1. The molecule has 3 heteroatoms. The van der Waals surface area contributed by atoms with Gasteiger partial charge in [0.1, 0.15) is 0 Å². The monoisotopic (exact) mass is 229 g/mol. The third-order valence-electron chi connectivity index (χ3n) is 4.08. The van der Waals surface area contributed by atoms with Gasteiger partial charge in [-0.3, -0.25) is 4.99 Å². The molecule has 90 valence electrons. The summed E-state index contributed by atoms with van der Waals surface area (Å²) in [5.74, 6) is 1.47. The van der Waals surface area contributed by atoms with E-state index < -0.39 is 0 Å². The van der Waals surface area contributed by atoms with Gasteiger partial charge in [0.15, 0.2) is 5.96 Å². The van der Waals surface area contributed by atoms with Crippen LogP contribution in [0.15, 0.2) is 35.3 Å². The summed E-state index contributed by atoms with van der Waals surface area (Å²) >= 11 is 0. The van der Waals surface area contributed by atoms with E-state index in [4.69, 9.17) is 5.73 Å². The van der Waals surface area contributed by atoms with Crippen molar-refractivity contribution in [2.24, 2.45) is 16.6 Å². The van der Waals surface area contributed by atoms with Crippen molar-refractivity contribution < 1.29 is 0 Å². The van der Waals surface area contributed by atoms with Crippen molar-refractivity contribution in [3.8, 4) is 0 Å². The van der Waals surface area contributed by atoms with Crippen molar-refractivity contribution in [1.82, 2.24) is 0 Å². The Morgan fingerprint density at radius 2 is 2.12 bits per heavy atom. The lowest BCUT2D eigenvalue weighted by molar-refractivity contribution is 0.452. The summed E-state index contributed by atoms with van der Waals surface area (Å²) in [5.41, 5.74) is 7.43. The number of aliphatic imine (C=N–C) groups is 1. The van der Waals surface area contributed by atoms with E-state index in [-0.39, 0.29) is 5.54 Å². The zero-order chi connectivity index (χ0) is 11.9. The Bertz CT molecular complexity index is 440. The Labute approximate surface area is 102 Å². The number of anilines is 1. The molecule has 2 atom stereocenters. The number of nitrogens with zero attached hydrogens (tertiary/aromatic N) is 2. The fraction of sp³-hybridized carbons (Fsp3) is 0.500. The average Bonchev–Trinajstić information content (AvgIpc) is 2.85. The number of guanidine groups is 1. The number of nitrogens with two attached hydrogens (primary N) is 1. The van der Waals surface area contributed by atoms with E-state index in [2.05, 4.69) is 41.1 Å². The van der Waals surface area contributed by atoms with Crippen molar-refractivity contribution in [1.29, 1.82) is 0 Å². The van der Waals surface area contributed by atoms with Gasteiger partial charge in [-0.2, -0.15) is 0 Å². The number of rotatable bonds is 1. The van der Waals surface area contributed by atoms with Crippen LogP contribution in [0.25, 0.3) is 0 Å². The van der Waals surface area contributed by atoms with Gasteiger partial charge in [0.2, 0.25) is 0 Å². The molecule has 0 aromatic heterocycles. The fourth-order valence-electron chi connectivity index (χ4n) is 3.31.